The molecule has 18 heavy (non-hydrogen) atoms. The summed E-state index contributed by atoms with van der Waals surface area (Å²) >= 11 is 0. The van der Waals surface area contributed by atoms with Gasteiger partial charge >= 0.3 is 0 Å². The largest absolute Gasteiger partial charge is 0.323 e. The van der Waals surface area contributed by atoms with Gasteiger partial charge < -0.3 is 5.73 Å². The van der Waals surface area contributed by atoms with E-state index in [0.717, 1.165) is 0 Å². The lowest BCUT2D eigenvalue weighted by atomic mass is 9.83. The van der Waals surface area contributed by atoms with E-state index in [4.69, 9.17) is 5.73 Å². The predicted octanol–water partition coefficient (Wildman–Crippen LogP) is 3.12. The van der Waals surface area contributed by atoms with Crippen molar-refractivity contribution in [2.75, 3.05) is 13.1 Å². The van der Waals surface area contributed by atoms with Crippen molar-refractivity contribution < 1.29 is 0 Å². The molecule has 0 saturated heterocycles. The van der Waals surface area contributed by atoms with Crippen molar-refractivity contribution >= 4 is 0 Å². The minimum Gasteiger partial charge on any atom is -0.323 e. The highest BCUT2D eigenvalue weighted by molar-refractivity contribution is 5.33. The van der Waals surface area contributed by atoms with Crippen LogP contribution in [0.5, 0.6) is 0 Å². The Morgan fingerprint density at radius 2 is 1.83 bits per heavy atom. The van der Waals surface area contributed by atoms with Gasteiger partial charge in [0, 0.05) is 12.1 Å². The Bertz CT molecular complexity index is 369. The molecule has 0 bridgehead atoms. The predicted molar refractivity (Wildman–Crippen MR) is 77.6 cm³/mol. The number of benzene rings is 1. The van der Waals surface area contributed by atoms with Crippen LogP contribution in [-0.4, -0.2) is 24.0 Å². The zero-order valence-electron chi connectivity index (χ0n) is 11.7. The van der Waals surface area contributed by atoms with E-state index in [9.17, 15) is 0 Å². The van der Waals surface area contributed by atoms with Crippen LogP contribution < -0.4 is 5.73 Å². The molecular weight excluding hydrogens is 220 g/mol. The normalized spacial score (nSPS) is 23.1. The molecule has 2 atom stereocenters. The third kappa shape index (κ3) is 2.76. The summed E-state index contributed by atoms with van der Waals surface area (Å²) in [7, 11) is 0. The highest BCUT2D eigenvalue weighted by Crippen LogP contribution is 2.31. The van der Waals surface area contributed by atoms with E-state index in [0.29, 0.717) is 6.04 Å². The number of nitrogens with zero attached hydrogens (tertiary/aromatic N) is 1. The molecule has 1 aliphatic rings. The average molecular weight is 246 g/mol. The summed E-state index contributed by atoms with van der Waals surface area (Å²) < 4.78 is 0. The molecule has 0 amide bonds. The molecule has 100 valence electrons. The molecule has 0 spiro atoms. The molecule has 2 N–H and O–H groups in total. The molecule has 1 aliphatic carbocycles. The summed E-state index contributed by atoms with van der Waals surface area (Å²) in [6.07, 6.45) is 4.81. The highest BCUT2D eigenvalue weighted by Gasteiger charge is 2.30. The van der Waals surface area contributed by atoms with Gasteiger partial charge in [-0.15, -0.1) is 0 Å². The van der Waals surface area contributed by atoms with E-state index in [1.165, 1.54) is 49.9 Å². The number of hydrogen-bond donors (Lipinski definition) is 1. The molecular formula is C16H26N2. The fourth-order valence-electron chi connectivity index (χ4n) is 3.20. The Morgan fingerprint density at radius 1 is 1.17 bits per heavy atom. The van der Waals surface area contributed by atoms with E-state index >= 15 is 0 Å². The average Bonchev–Trinajstić information content (AvgIpc) is 2.39. The van der Waals surface area contributed by atoms with Gasteiger partial charge in [0.25, 0.3) is 0 Å². The lowest BCUT2D eigenvalue weighted by Crippen LogP contribution is -2.46. The zero-order chi connectivity index (χ0) is 13.0. The van der Waals surface area contributed by atoms with Crippen molar-refractivity contribution in [2.45, 2.75) is 51.6 Å². The van der Waals surface area contributed by atoms with Gasteiger partial charge in [-0.1, -0.05) is 38.1 Å². The van der Waals surface area contributed by atoms with Crippen LogP contribution in [0.25, 0.3) is 0 Å². The minimum absolute atomic E-state index is 0.188. The Hall–Kier alpha value is -0.860. The second-order valence-corrected chi connectivity index (χ2v) is 5.37. The first-order chi connectivity index (χ1) is 8.77. The lowest BCUT2D eigenvalue weighted by molar-refractivity contribution is 0.155. The maximum atomic E-state index is 6.51. The van der Waals surface area contributed by atoms with Crippen LogP contribution in [0, 0.1) is 0 Å². The molecule has 2 unspecified atom stereocenters. The van der Waals surface area contributed by atoms with Crippen LogP contribution in [0.15, 0.2) is 24.3 Å². The standard InChI is InChI=1S/C16H26N2/c1-3-11-18(12-4-2)15-10-9-13-7-5-6-8-14(13)16(15)17/h5-8,15-16H,3-4,9-12,17H2,1-2H3. The molecule has 0 saturated carbocycles. The van der Waals surface area contributed by atoms with Crippen molar-refractivity contribution in [2.24, 2.45) is 5.73 Å². The summed E-state index contributed by atoms with van der Waals surface area (Å²) in [5.41, 5.74) is 9.33. The van der Waals surface area contributed by atoms with Gasteiger partial charge in [0.2, 0.25) is 0 Å². The Morgan fingerprint density at radius 3 is 2.50 bits per heavy atom. The SMILES string of the molecule is CCCN(CCC)C1CCc2ccccc2C1N. The summed E-state index contributed by atoms with van der Waals surface area (Å²) in [4.78, 5) is 2.60. The summed E-state index contributed by atoms with van der Waals surface area (Å²) in [6, 6.07) is 9.40. The molecule has 0 radical (unpaired) electrons. The third-order valence-electron chi connectivity index (χ3n) is 4.03. The maximum absolute atomic E-state index is 6.51. The van der Waals surface area contributed by atoms with Crippen LogP contribution in [-0.2, 0) is 6.42 Å². The van der Waals surface area contributed by atoms with Gasteiger partial charge in [-0.25, -0.2) is 0 Å². The molecule has 2 heteroatoms. The molecule has 0 aromatic heterocycles. The van der Waals surface area contributed by atoms with Gasteiger partial charge in [-0.05, 0) is 49.9 Å². The Labute approximate surface area is 111 Å². The molecule has 2 nitrogen and oxygen atoms in total. The number of nitrogens with two attached hydrogens (primary N) is 1. The van der Waals surface area contributed by atoms with E-state index < -0.39 is 0 Å². The van der Waals surface area contributed by atoms with Crippen molar-refractivity contribution in [3.63, 3.8) is 0 Å². The van der Waals surface area contributed by atoms with E-state index in [2.05, 4.69) is 43.0 Å². The molecule has 2 rings (SSSR count). The molecule has 1 aromatic carbocycles. The number of rotatable bonds is 5. The summed E-state index contributed by atoms with van der Waals surface area (Å²) in [6.45, 7) is 6.86. The molecule has 0 heterocycles. The van der Waals surface area contributed by atoms with Gasteiger partial charge in [0.1, 0.15) is 0 Å². The molecule has 0 aliphatic heterocycles. The first-order valence-corrected chi connectivity index (χ1v) is 7.35. The van der Waals surface area contributed by atoms with Crippen LogP contribution in [0.3, 0.4) is 0 Å². The van der Waals surface area contributed by atoms with E-state index in [1.807, 2.05) is 0 Å². The second-order valence-electron chi connectivity index (χ2n) is 5.37. The minimum atomic E-state index is 0.188. The fraction of sp³-hybridized carbons (Fsp3) is 0.625. The van der Waals surface area contributed by atoms with Crippen molar-refractivity contribution in [3.05, 3.63) is 35.4 Å². The van der Waals surface area contributed by atoms with E-state index in [1.54, 1.807) is 0 Å². The summed E-state index contributed by atoms with van der Waals surface area (Å²) in [5, 5.41) is 0. The highest BCUT2D eigenvalue weighted by atomic mass is 15.2. The Kier molecular flexibility index (Phi) is 4.79. The van der Waals surface area contributed by atoms with Crippen LogP contribution >= 0.6 is 0 Å². The first-order valence-electron chi connectivity index (χ1n) is 7.35. The zero-order valence-corrected chi connectivity index (χ0v) is 11.7. The summed E-state index contributed by atoms with van der Waals surface area (Å²) in [5.74, 6) is 0. The molecule has 0 fully saturated rings. The van der Waals surface area contributed by atoms with Crippen LogP contribution in [0.1, 0.15) is 50.3 Å². The smallest absolute Gasteiger partial charge is 0.0455 e. The van der Waals surface area contributed by atoms with Crippen LogP contribution in [0.4, 0.5) is 0 Å². The van der Waals surface area contributed by atoms with Crippen molar-refractivity contribution in [3.8, 4) is 0 Å². The third-order valence-corrected chi connectivity index (χ3v) is 4.03. The first kappa shape index (κ1) is 13.6. The number of aryl methyl sites for hydroxylation is 1. The number of fused-ring (bicyclic) bond motifs is 1. The van der Waals surface area contributed by atoms with Crippen LogP contribution in [0.2, 0.25) is 0 Å². The van der Waals surface area contributed by atoms with E-state index in [-0.39, 0.29) is 6.04 Å². The lowest BCUT2D eigenvalue weighted by Gasteiger charge is -2.39. The Balaban J connectivity index is 2.16. The topological polar surface area (TPSA) is 29.3 Å². The van der Waals surface area contributed by atoms with Crippen molar-refractivity contribution in [1.82, 2.24) is 4.90 Å². The van der Waals surface area contributed by atoms with Gasteiger partial charge in [0.05, 0.1) is 0 Å². The van der Waals surface area contributed by atoms with Crippen molar-refractivity contribution in [1.29, 1.82) is 0 Å². The second kappa shape index (κ2) is 6.35. The maximum Gasteiger partial charge on any atom is 0.0455 e. The molecule has 1 aromatic rings. The number of hydrogen-bond acceptors (Lipinski definition) is 2. The van der Waals surface area contributed by atoms with Gasteiger partial charge in [-0.2, -0.15) is 0 Å². The monoisotopic (exact) mass is 246 g/mol. The van der Waals surface area contributed by atoms with Gasteiger partial charge in [0.15, 0.2) is 0 Å². The van der Waals surface area contributed by atoms with Gasteiger partial charge in [-0.3, -0.25) is 4.90 Å². The fourth-order valence-corrected chi connectivity index (χ4v) is 3.20. The quantitative estimate of drug-likeness (QED) is 0.865.